The molecule has 98 valence electrons. The average molecular weight is 259 g/mol. The van der Waals surface area contributed by atoms with Crippen molar-refractivity contribution in [2.24, 2.45) is 7.05 Å². The van der Waals surface area contributed by atoms with Crippen molar-refractivity contribution in [3.63, 3.8) is 0 Å². The van der Waals surface area contributed by atoms with Gasteiger partial charge in [-0.2, -0.15) is 5.10 Å². The van der Waals surface area contributed by atoms with Gasteiger partial charge in [0.1, 0.15) is 5.69 Å². The maximum absolute atomic E-state index is 11.8. The van der Waals surface area contributed by atoms with Crippen molar-refractivity contribution < 1.29 is 9.59 Å². The summed E-state index contributed by atoms with van der Waals surface area (Å²) < 4.78 is 1.58. The van der Waals surface area contributed by atoms with E-state index >= 15 is 0 Å². The molecular weight excluding hydrogens is 246 g/mol. The van der Waals surface area contributed by atoms with Crippen LogP contribution >= 0.6 is 0 Å². The lowest BCUT2D eigenvalue weighted by molar-refractivity contribution is 0.0843. The van der Waals surface area contributed by atoms with Gasteiger partial charge in [0, 0.05) is 18.9 Å². The second-order valence-corrected chi connectivity index (χ2v) is 3.89. The average Bonchev–Trinajstić information content (AvgIpc) is 2.77. The van der Waals surface area contributed by atoms with Crippen LogP contribution in [0.4, 0.5) is 0 Å². The summed E-state index contributed by atoms with van der Waals surface area (Å²) in [4.78, 5) is 27.3. The molecule has 0 spiro atoms. The largest absolute Gasteiger partial charge is 0.288 e. The van der Waals surface area contributed by atoms with E-state index in [-0.39, 0.29) is 5.69 Å². The van der Waals surface area contributed by atoms with Gasteiger partial charge in [0.25, 0.3) is 11.8 Å². The lowest BCUT2D eigenvalue weighted by Gasteiger charge is -2.06. The van der Waals surface area contributed by atoms with Gasteiger partial charge in [0.15, 0.2) is 0 Å². The highest BCUT2D eigenvalue weighted by Crippen LogP contribution is 2.04. The molecule has 7 nitrogen and oxygen atoms in total. The van der Waals surface area contributed by atoms with Crippen molar-refractivity contribution in [3.05, 3.63) is 47.5 Å². The van der Waals surface area contributed by atoms with Crippen LogP contribution < -0.4 is 10.9 Å². The van der Waals surface area contributed by atoms with Gasteiger partial charge in [-0.25, -0.2) is 0 Å². The van der Waals surface area contributed by atoms with Crippen molar-refractivity contribution in [2.45, 2.75) is 6.92 Å². The van der Waals surface area contributed by atoms with Crippen LogP contribution in [0.2, 0.25) is 0 Å². The molecule has 0 atom stereocenters. The summed E-state index contributed by atoms with van der Waals surface area (Å²) in [7, 11) is 1.73. The van der Waals surface area contributed by atoms with Gasteiger partial charge in [-0.05, 0) is 19.1 Å². The first-order chi connectivity index (χ1) is 9.09. The zero-order chi connectivity index (χ0) is 13.8. The van der Waals surface area contributed by atoms with Crippen LogP contribution in [-0.2, 0) is 7.05 Å². The van der Waals surface area contributed by atoms with E-state index in [0.29, 0.717) is 11.3 Å². The number of rotatable bonds is 2. The minimum absolute atomic E-state index is 0.228. The Labute approximate surface area is 109 Å². The van der Waals surface area contributed by atoms with Crippen LogP contribution in [0.1, 0.15) is 26.5 Å². The highest BCUT2D eigenvalue weighted by molar-refractivity contribution is 5.98. The molecule has 0 aromatic carbocycles. The molecule has 0 saturated carbocycles. The van der Waals surface area contributed by atoms with Crippen molar-refractivity contribution in [1.29, 1.82) is 0 Å². The summed E-state index contributed by atoms with van der Waals surface area (Å²) in [6.07, 6.45) is 2.94. The Morgan fingerprint density at radius 2 is 1.95 bits per heavy atom. The molecule has 2 amide bonds. The van der Waals surface area contributed by atoms with Crippen LogP contribution in [0.5, 0.6) is 0 Å². The topological polar surface area (TPSA) is 88.9 Å². The molecule has 0 aliphatic heterocycles. The molecule has 2 aromatic heterocycles. The number of aromatic nitrogens is 3. The van der Waals surface area contributed by atoms with E-state index in [1.165, 1.54) is 12.4 Å². The molecule has 2 rings (SSSR count). The zero-order valence-corrected chi connectivity index (χ0v) is 10.5. The van der Waals surface area contributed by atoms with Crippen molar-refractivity contribution in [1.82, 2.24) is 25.6 Å². The Balaban J connectivity index is 1.98. The number of amides is 2. The minimum atomic E-state index is -0.476. The standard InChI is InChI=1S/C12H13N5O2/c1-8-9(7-14-17(8)2)11(18)15-16-12(19)10-5-3-4-6-13-10/h3-7H,1-2H3,(H,15,18)(H,16,19). The normalized spacial score (nSPS) is 10.0. The predicted octanol–water partition coefficient (Wildman–Crippen LogP) is 0.198. The number of hydrogen-bond donors (Lipinski definition) is 2. The quantitative estimate of drug-likeness (QED) is 0.754. The zero-order valence-electron chi connectivity index (χ0n) is 10.5. The third-order valence-corrected chi connectivity index (χ3v) is 2.67. The molecular formula is C12H13N5O2. The van der Waals surface area contributed by atoms with Gasteiger partial charge in [0.2, 0.25) is 0 Å². The first kappa shape index (κ1) is 12.7. The second kappa shape index (κ2) is 5.30. The molecule has 0 aliphatic rings. The van der Waals surface area contributed by atoms with E-state index in [0.717, 1.165) is 0 Å². The second-order valence-electron chi connectivity index (χ2n) is 3.89. The molecule has 2 N–H and O–H groups in total. The summed E-state index contributed by atoms with van der Waals surface area (Å²) in [5.74, 6) is -0.898. The molecule has 0 unspecified atom stereocenters. The summed E-state index contributed by atoms with van der Waals surface area (Å²) in [6.45, 7) is 1.77. The van der Waals surface area contributed by atoms with Gasteiger partial charge in [-0.15, -0.1) is 0 Å². The van der Waals surface area contributed by atoms with E-state index in [9.17, 15) is 9.59 Å². The first-order valence-corrected chi connectivity index (χ1v) is 5.60. The van der Waals surface area contributed by atoms with E-state index in [4.69, 9.17) is 0 Å². The van der Waals surface area contributed by atoms with Crippen molar-refractivity contribution in [3.8, 4) is 0 Å². The molecule has 0 aliphatic carbocycles. The molecule has 19 heavy (non-hydrogen) atoms. The van der Waals surface area contributed by atoms with Gasteiger partial charge in [0.05, 0.1) is 11.8 Å². The number of hydrazine groups is 1. The third kappa shape index (κ3) is 2.76. The fourth-order valence-electron chi connectivity index (χ4n) is 1.46. The third-order valence-electron chi connectivity index (χ3n) is 2.67. The number of nitrogens with zero attached hydrogens (tertiary/aromatic N) is 3. The van der Waals surface area contributed by atoms with Crippen molar-refractivity contribution >= 4 is 11.8 Å². The van der Waals surface area contributed by atoms with Gasteiger partial charge >= 0.3 is 0 Å². The Morgan fingerprint density at radius 3 is 2.53 bits per heavy atom. The fourth-order valence-corrected chi connectivity index (χ4v) is 1.46. The number of carbonyl (C=O) groups is 2. The highest BCUT2D eigenvalue weighted by atomic mass is 16.2. The summed E-state index contributed by atoms with van der Waals surface area (Å²) in [5, 5.41) is 3.95. The number of nitrogens with one attached hydrogen (secondary N) is 2. The molecule has 0 saturated heterocycles. The van der Waals surface area contributed by atoms with E-state index in [1.54, 1.807) is 36.9 Å². The van der Waals surface area contributed by atoms with E-state index in [1.807, 2.05) is 0 Å². The van der Waals surface area contributed by atoms with Crippen LogP contribution in [0.25, 0.3) is 0 Å². The monoisotopic (exact) mass is 259 g/mol. The summed E-state index contributed by atoms with van der Waals surface area (Å²) >= 11 is 0. The number of aryl methyl sites for hydroxylation is 1. The molecule has 2 heterocycles. The van der Waals surface area contributed by atoms with E-state index in [2.05, 4.69) is 20.9 Å². The molecule has 2 aromatic rings. The summed E-state index contributed by atoms with van der Waals surface area (Å²) in [5.41, 5.74) is 5.96. The van der Waals surface area contributed by atoms with Gasteiger partial charge in [-0.3, -0.25) is 30.1 Å². The smallest absolute Gasteiger partial charge is 0.272 e. The number of pyridine rings is 1. The maximum atomic E-state index is 11.8. The SMILES string of the molecule is Cc1c(C(=O)NNC(=O)c2ccccn2)cnn1C. The molecule has 0 bridgehead atoms. The number of hydrogen-bond acceptors (Lipinski definition) is 4. The molecule has 0 fully saturated rings. The van der Waals surface area contributed by atoms with E-state index < -0.39 is 11.8 Å². The highest BCUT2D eigenvalue weighted by Gasteiger charge is 2.14. The van der Waals surface area contributed by atoms with Crippen LogP contribution in [0, 0.1) is 6.92 Å². The van der Waals surface area contributed by atoms with Crippen LogP contribution in [-0.4, -0.2) is 26.6 Å². The minimum Gasteiger partial charge on any atom is -0.272 e. The lowest BCUT2D eigenvalue weighted by atomic mass is 10.2. The van der Waals surface area contributed by atoms with Crippen LogP contribution in [0.15, 0.2) is 30.6 Å². The Morgan fingerprint density at radius 1 is 1.21 bits per heavy atom. The lowest BCUT2D eigenvalue weighted by Crippen LogP contribution is -2.42. The molecule has 0 radical (unpaired) electrons. The fraction of sp³-hybridized carbons (Fsp3) is 0.167. The van der Waals surface area contributed by atoms with Gasteiger partial charge in [-0.1, -0.05) is 6.07 Å². The Hall–Kier alpha value is -2.70. The maximum Gasteiger partial charge on any atom is 0.288 e. The first-order valence-electron chi connectivity index (χ1n) is 5.60. The number of carbonyl (C=O) groups excluding carboxylic acids is 2. The summed E-state index contributed by atoms with van der Waals surface area (Å²) in [6, 6.07) is 4.94. The Kier molecular flexibility index (Phi) is 3.56. The predicted molar refractivity (Wildman–Crippen MR) is 67.1 cm³/mol. The Bertz CT molecular complexity index is 606. The molecule has 7 heteroatoms. The van der Waals surface area contributed by atoms with Gasteiger partial charge < -0.3 is 0 Å². The van der Waals surface area contributed by atoms with Crippen molar-refractivity contribution in [2.75, 3.05) is 0 Å². The van der Waals surface area contributed by atoms with Crippen LogP contribution in [0.3, 0.4) is 0 Å².